The van der Waals surface area contributed by atoms with Gasteiger partial charge in [-0.25, -0.2) is 0 Å². The minimum absolute atomic E-state index is 0.0799. The summed E-state index contributed by atoms with van der Waals surface area (Å²) < 4.78 is 0. The molecule has 0 radical (unpaired) electrons. The maximum atomic E-state index is 14.7. The van der Waals surface area contributed by atoms with Crippen LogP contribution in [0.1, 0.15) is 120 Å². The zero-order chi connectivity index (χ0) is 68.4. The summed E-state index contributed by atoms with van der Waals surface area (Å²) in [6.07, 6.45) is 0.323. The number of aliphatic hydroxyl groups excluding tert-OH is 2. The van der Waals surface area contributed by atoms with Crippen LogP contribution in [0.15, 0.2) is 84.9 Å². The van der Waals surface area contributed by atoms with Crippen molar-refractivity contribution in [3.05, 3.63) is 96.1 Å². The number of aliphatic hydroxyl groups is 2. The summed E-state index contributed by atoms with van der Waals surface area (Å²) in [5, 5.41) is 50.1. The third-order valence-electron chi connectivity index (χ3n) is 15.6. The molecule has 4 rings (SSSR count). The zero-order valence-corrected chi connectivity index (χ0v) is 53.4. The largest absolute Gasteiger partial charge is 0.391 e. The summed E-state index contributed by atoms with van der Waals surface area (Å²) >= 11 is 0. The molecule has 29 heteroatoms. The third kappa shape index (κ3) is 25.9. The molecule has 1 heterocycles. The standard InChI is InChI=1S/C64H98N16O13/c1-4-5-6-7-8-15-20-44-55(84)73-45(25-31-65)56(85)75-49(29-35-69)61(90)79-52(38(2)81)63(92)70-36-30-50(59(88)74-46(26-32-66)58(87)78-51(62(91)72-44)37-40-16-11-9-12-17-40)76-57(86)47(27-33-67)77-64(93)53(39(3)82)80-60(89)48(28-34-68)71-54(83)43-23-21-42(22-24-43)41-18-13-10-14-19-41/h9-14,16-19,21-24,38-39,44-53,81-82H,4-8,15,20,25-37,65-69H2,1-3H3,(H,70,92)(H,71,83)(H,72,91)(H,73,84)(H,74,88)(H,75,85)(H,76,86)(H,77,93)(H,78,87)(H,79,90)(H,80,89)/t38-,39-,44+,45+,46+,47+,48+,49+,50+,51-,52+,53+/m1/s1. The van der Waals surface area contributed by atoms with Gasteiger partial charge in [0.1, 0.15) is 60.4 Å². The summed E-state index contributed by atoms with van der Waals surface area (Å²) in [6, 6.07) is 9.65. The van der Waals surface area contributed by atoms with E-state index >= 15 is 0 Å². The number of carbonyl (C=O) groups is 11. The normalized spacial score (nSPS) is 21.4. The van der Waals surface area contributed by atoms with Gasteiger partial charge in [0.2, 0.25) is 59.1 Å². The molecule has 1 aliphatic heterocycles. The molecule has 1 saturated heterocycles. The molecule has 0 saturated carbocycles. The van der Waals surface area contributed by atoms with Crippen LogP contribution >= 0.6 is 0 Å². The summed E-state index contributed by atoms with van der Waals surface area (Å²) in [5.74, 6) is -10.0. The van der Waals surface area contributed by atoms with Gasteiger partial charge in [-0.3, -0.25) is 52.7 Å². The summed E-state index contributed by atoms with van der Waals surface area (Å²) in [4.78, 5) is 156. The Labute approximate surface area is 542 Å². The first kappa shape index (κ1) is 77.0. The third-order valence-corrected chi connectivity index (χ3v) is 15.6. The van der Waals surface area contributed by atoms with Gasteiger partial charge in [-0.2, -0.15) is 0 Å². The van der Waals surface area contributed by atoms with Gasteiger partial charge in [0.15, 0.2) is 0 Å². The van der Waals surface area contributed by atoms with Crippen LogP contribution in [0.2, 0.25) is 0 Å². The predicted molar refractivity (Wildman–Crippen MR) is 348 cm³/mol. The van der Waals surface area contributed by atoms with Crippen LogP contribution < -0.4 is 87.2 Å². The molecule has 3 aromatic rings. The van der Waals surface area contributed by atoms with Gasteiger partial charge in [0, 0.05) is 18.5 Å². The maximum Gasteiger partial charge on any atom is 0.251 e. The number of nitrogens with one attached hydrogen (secondary N) is 11. The van der Waals surface area contributed by atoms with E-state index in [1.807, 2.05) is 30.3 Å². The van der Waals surface area contributed by atoms with E-state index < -0.39 is 151 Å². The highest BCUT2D eigenvalue weighted by atomic mass is 16.3. The van der Waals surface area contributed by atoms with Crippen LogP contribution in [-0.4, -0.2) is 187 Å². The molecule has 0 aromatic heterocycles. The van der Waals surface area contributed by atoms with E-state index in [0.29, 0.717) is 18.4 Å². The Morgan fingerprint density at radius 3 is 1.47 bits per heavy atom. The highest BCUT2D eigenvalue weighted by molar-refractivity contribution is 6.01. The van der Waals surface area contributed by atoms with Gasteiger partial charge in [0.05, 0.1) is 12.2 Å². The lowest BCUT2D eigenvalue weighted by Crippen LogP contribution is -2.62. The minimum Gasteiger partial charge on any atom is -0.391 e. The summed E-state index contributed by atoms with van der Waals surface area (Å²) in [6.45, 7) is 3.21. The number of unbranched alkanes of at least 4 members (excludes halogenated alkanes) is 5. The molecule has 29 nitrogen and oxygen atoms in total. The Bertz CT molecular complexity index is 2890. The van der Waals surface area contributed by atoms with Crippen LogP contribution in [0.25, 0.3) is 11.1 Å². The van der Waals surface area contributed by atoms with E-state index in [4.69, 9.17) is 28.7 Å². The molecule has 12 atom stereocenters. The minimum atomic E-state index is -1.75. The SMILES string of the molecule is CCCCCCCC[C@@H]1NC(=O)[C@@H](Cc2ccccc2)NC(=O)[C@H](CCN)NC(=O)[C@@H](NC(=O)[C@H](CCN)NC(=O)[C@@H](NC(=O)[C@H](CCN)NC(=O)c2ccc(-c3ccccc3)cc2)[C@@H](C)O)CCNC(=O)[C@H]([C@@H](C)O)NC(=O)[C@H](CCN)NC(=O)[C@H](CCN)NC1=O. The van der Waals surface area contributed by atoms with Crippen LogP contribution in [-0.2, 0) is 54.4 Å². The molecule has 93 heavy (non-hydrogen) atoms. The van der Waals surface area contributed by atoms with E-state index in [1.54, 1.807) is 54.6 Å². The number of carbonyl (C=O) groups excluding carboxylic acids is 11. The topological polar surface area (TPSA) is 491 Å². The first-order chi connectivity index (χ1) is 44.6. The molecular formula is C64H98N16O13. The van der Waals surface area contributed by atoms with Crippen molar-refractivity contribution in [2.45, 2.75) is 183 Å². The molecule has 3 aromatic carbocycles. The van der Waals surface area contributed by atoms with E-state index in [-0.39, 0.29) is 83.2 Å². The quantitative estimate of drug-likeness (QED) is 0.0293. The van der Waals surface area contributed by atoms with Crippen molar-refractivity contribution < 1.29 is 63.0 Å². The predicted octanol–water partition coefficient (Wildman–Crippen LogP) is -3.17. The van der Waals surface area contributed by atoms with Crippen LogP contribution in [0, 0.1) is 0 Å². The first-order valence-corrected chi connectivity index (χ1v) is 32.0. The number of hydrogen-bond donors (Lipinski definition) is 18. The van der Waals surface area contributed by atoms with Gasteiger partial charge in [-0.05, 0) is 120 Å². The molecule has 1 fully saturated rings. The summed E-state index contributed by atoms with van der Waals surface area (Å²) in [5.41, 5.74) is 32.2. The van der Waals surface area contributed by atoms with Crippen LogP contribution in [0.5, 0.6) is 0 Å². The highest BCUT2D eigenvalue weighted by Gasteiger charge is 2.37. The first-order valence-electron chi connectivity index (χ1n) is 32.0. The molecule has 512 valence electrons. The van der Waals surface area contributed by atoms with Crippen molar-refractivity contribution >= 4 is 65.0 Å². The van der Waals surface area contributed by atoms with Gasteiger partial charge < -0.3 is 97.4 Å². The summed E-state index contributed by atoms with van der Waals surface area (Å²) in [7, 11) is 0. The fraction of sp³-hybridized carbons (Fsp3) is 0.547. The monoisotopic (exact) mass is 1300 g/mol. The molecule has 23 N–H and O–H groups in total. The molecule has 0 aliphatic carbocycles. The molecule has 0 bridgehead atoms. The Morgan fingerprint density at radius 1 is 0.495 bits per heavy atom. The van der Waals surface area contributed by atoms with Crippen molar-refractivity contribution in [2.75, 3.05) is 39.3 Å². The van der Waals surface area contributed by atoms with Crippen molar-refractivity contribution in [2.24, 2.45) is 28.7 Å². The lowest BCUT2D eigenvalue weighted by Gasteiger charge is -2.28. The van der Waals surface area contributed by atoms with Crippen molar-refractivity contribution in [1.82, 2.24) is 58.5 Å². The van der Waals surface area contributed by atoms with Gasteiger partial charge in [-0.1, -0.05) is 118 Å². The van der Waals surface area contributed by atoms with Crippen molar-refractivity contribution in [3.8, 4) is 11.1 Å². The Balaban J connectivity index is 1.70. The Kier molecular flexibility index (Phi) is 34.1. The second kappa shape index (κ2) is 41.2. The molecule has 11 amide bonds. The van der Waals surface area contributed by atoms with Crippen molar-refractivity contribution in [3.63, 3.8) is 0 Å². The number of benzene rings is 3. The average Bonchev–Trinajstić information content (AvgIpc) is 1.55. The Morgan fingerprint density at radius 2 is 0.957 bits per heavy atom. The smallest absolute Gasteiger partial charge is 0.251 e. The van der Waals surface area contributed by atoms with E-state index in [1.165, 1.54) is 13.8 Å². The number of hydrogen-bond acceptors (Lipinski definition) is 18. The second-order valence-electron chi connectivity index (χ2n) is 23.1. The van der Waals surface area contributed by atoms with Crippen LogP contribution in [0.4, 0.5) is 0 Å². The lowest BCUT2D eigenvalue weighted by atomic mass is 10.0. The number of rotatable bonds is 30. The highest BCUT2D eigenvalue weighted by Crippen LogP contribution is 2.20. The molecule has 0 unspecified atom stereocenters. The Hall–Kier alpha value is -8.45. The maximum absolute atomic E-state index is 14.7. The zero-order valence-electron chi connectivity index (χ0n) is 53.4. The van der Waals surface area contributed by atoms with Gasteiger partial charge in [-0.15, -0.1) is 0 Å². The van der Waals surface area contributed by atoms with E-state index in [0.717, 1.165) is 36.8 Å². The average molecular weight is 1300 g/mol. The lowest BCUT2D eigenvalue weighted by molar-refractivity contribution is -0.136. The second-order valence-corrected chi connectivity index (χ2v) is 23.1. The number of amides is 11. The van der Waals surface area contributed by atoms with Gasteiger partial charge >= 0.3 is 0 Å². The van der Waals surface area contributed by atoms with Gasteiger partial charge in [0.25, 0.3) is 5.91 Å². The molecule has 1 aliphatic rings. The molecular weight excluding hydrogens is 1200 g/mol. The van der Waals surface area contributed by atoms with E-state index in [9.17, 15) is 63.0 Å². The fourth-order valence-electron chi connectivity index (χ4n) is 10.3. The number of nitrogens with two attached hydrogens (primary N) is 5. The fourth-order valence-corrected chi connectivity index (χ4v) is 10.3. The van der Waals surface area contributed by atoms with Crippen molar-refractivity contribution in [1.29, 1.82) is 0 Å². The van der Waals surface area contributed by atoms with Crippen LogP contribution in [0.3, 0.4) is 0 Å². The van der Waals surface area contributed by atoms with E-state index in [2.05, 4.69) is 65.4 Å². The molecule has 0 spiro atoms.